The lowest BCUT2D eigenvalue weighted by atomic mass is 10.2. The van der Waals surface area contributed by atoms with Gasteiger partial charge in [0.2, 0.25) is 0 Å². The number of nitrogens with two attached hydrogens (primary N) is 1. The molecule has 1 aromatic carbocycles. The molecule has 0 radical (unpaired) electrons. The van der Waals surface area contributed by atoms with Gasteiger partial charge in [0.25, 0.3) is 5.91 Å². The Morgan fingerprint density at radius 2 is 1.90 bits per heavy atom. The zero-order valence-corrected chi connectivity index (χ0v) is 12.0. The molecule has 1 amide bonds. The van der Waals surface area contributed by atoms with E-state index < -0.39 is 0 Å². The molecule has 0 unspecified atom stereocenters. The van der Waals surface area contributed by atoms with Crippen LogP contribution in [0.5, 0.6) is 0 Å². The molecule has 0 saturated carbocycles. The zero-order valence-electron chi connectivity index (χ0n) is 12.0. The Bertz CT molecular complexity index is 641. The van der Waals surface area contributed by atoms with Crippen LogP contribution in [0.2, 0.25) is 0 Å². The van der Waals surface area contributed by atoms with Crippen LogP contribution in [0.4, 0.5) is 17.1 Å². The molecule has 0 atom stereocenters. The maximum Gasteiger partial charge on any atom is 0.278 e. The lowest BCUT2D eigenvalue weighted by Gasteiger charge is -2.17. The Balaban J connectivity index is 1.70. The minimum absolute atomic E-state index is 0.251. The van der Waals surface area contributed by atoms with Crippen LogP contribution >= 0.6 is 0 Å². The molecule has 2 aromatic rings. The second-order valence-corrected chi connectivity index (χ2v) is 5.30. The van der Waals surface area contributed by atoms with Crippen molar-refractivity contribution in [3.63, 3.8) is 0 Å². The smallest absolute Gasteiger partial charge is 0.278 e. The van der Waals surface area contributed by atoms with E-state index in [1.54, 1.807) is 13.2 Å². The van der Waals surface area contributed by atoms with E-state index in [0.29, 0.717) is 5.69 Å². The van der Waals surface area contributed by atoms with Crippen LogP contribution in [0.15, 0.2) is 30.5 Å². The predicted molar refractivity (Wildman–Crippen MR) is 83.5 cm³/mol. The monoisotopic (exact) mass is 285 g/mol. The van der Waals surface area contributed by atoms with E-state index in [-0.39, 0.29) is 11.6 Å². The average Bonchev–Trinajstić information content (AvgIpc) is 3.09. The largest absolute Gasteiger partial charge is 0.396 e. The molecule has 1 saturated heterocycles. The molecule has 21 heavy (non-hydrogen) atoms. The molecule has 0 spiro atoms. The topological polar surface area (TPSA) is 76.2 Å². The first-order valence-electron chi connectivity index (χ1n) is 7.09. The Kier molecular flexibility index (Phi) is 3.51. The van der Waals surface area contributed by atoms with Crippen LogP contribution in [-0.2, 0) is 7.05 Å². The minimum atomic E-state index is -0.290. The van der Waals surface area contributed by atoms with Crippen LogP contribution in [0.1, 0.15) is 23.3 Å². The van der Waals surface area contributed by atoms with E-state index in [4.69, 9.17) is 5.73 Å². The standard InChI is InChI=1S/C15H19N5O/c1-19-10-13(16)14(18-19)15(21)17-11-4-6-12(7-5-11)20-8-2-3-9-20/h4-7,10H,2-3,8-9,16H2,1H3,(H,17,21). The molecule has 3 rings (SSSR count). The van der Waals surface area contributed by atoms with Crippen molar-refractivity contribution < 1.29 is 4.79 Å². The van der Waals surface area contributed by atoms with E-state index in [1.807, 2.05) is 24.3 Å². The highest BCUT2D eigenvalue weighted by Crippen LogP contribution is 2.22. The van der Waals surface area contributed by atoms with Crippen molar-refractivity contribution in [2.75, 3.05) is 29.0 Å². The van der Waals surface area contributed by atoms with Gasteiger partial charge in [-0.1, -0.05) is 0 Å². The first kappa shape index (κ1) is 13.5. The first-order chi connectivity index (χ1) is 10.1. The van der Waals surface area contributed by atoms with Gasteiger partial charge in [0.1, 0.15) is 0 Å². The summed E-state index contributed by atoms with van der Waals surface area (Å²) in [4.78, 5) is 14.5. The van der Waals surface area contributed by atoms with Crippen molar-refractivity contribution in [3.8, 4) is 0 Å². The van der Waals surface area contributed by atoms with Crippen molar-refractivity contribution in [1.82, 2.24) is 9.78 Å². The predicted octanol–water partition coefficient (Wildman–Crippen LogP) is 1.85. The second-order valence-electron chi connectivity index (χ2n) is 5.30. The highest BCUT2D eigenvalue weighted by molar-refractivity contribution is 6.06. The molecule has 0 bridgehead atoms. The Hall–Kier alpha value is -2.50. The fourth-order valence-electron chi connectivity index (χ4n) is 2.60. The van der Waals surface area contributed by atoms with E-state index in [0.717, 1.165) is 18.8 Å². The van der Waals surface area contributed by atoms with Crippen molar-refractivity contribution in [1.29, 1.82) is 0 Å². The van der Waals surface area contributed by atoms with Gasteiger partial charge in [0.15, 0.2) is 5.69 Å². The molecule has 1 aliphatic rings. The summed E-state index contributed by atoms with van der Waals surface area (Å²) in [5.41, 5.74) is 8.32. The highest BCUT2D eigenvalue weighted by atomic mass is 16.2. The number of hydrogen-bond donors (Lipinski definition) is 2. The van der Waals surface area contributed by atoms with Crippen molar-refractivity contribution in [2.45, 2.75) is 12.8 Å². The molecule has 6 heteroatoms. The van der Waals surface area contributed by atoms with Gasteiger partial charge in [-0.2, -0.15) is 5.10 Å². The molecule has 1 aliphatic heterocycles. The molecular weight excluding hydrogens is 266 g/mol. The van der Waals surface area contributed by atoms with Crippen LogP contribution in [0, 0.1) is 0 Å². The second kappa shape index (κ2) is 5.47. The quantitative estimate of drug-likeness (QED) is 0.902. The minimum Gasteiger partial charge on any atom is -0.396 e. The normalized spacial score (nSPS) is 14.4. The zero-order chi connectivity index (χ0) is 14.8. The van der Waals surface area contributed by atoms with Crippen molar-refractivity contribution in [2.24, 2.45) is 7.05 Å². The Labute approximate surface area is 123 Å². The third-order valence-electron chi connectivity index (χ3n) is 3.67. The molecule has 3 N–H and O–H groups in total. The molecule has 1 fully saturated rings. The number of nitrogens with one attached hydrogen (secondary N) is 1. The van der Waals surface area contributed by atoms with Crippen molar-refractivity contribution >= 4 is 23.0 Å². The number of carbonyl (C=O) groups is 1. The lowest BCUT2D eigenvalue weighted by Crippen LogP contribution is -2.18. The molecule has 0 aliphatic carbocycles. The third-order valence-corrected chi connectivity index (χ3v) is 3.67. The van der Waals surface area contributed by atoms with Crippen LogP contribution < -0.4 is 16.0 Å². The highest BCUT2D eigenvalue weighted by Gasteiger charge is 2.15. The fourth-order valence-corrected chi connectivity index (χ4v) is 2.60. The Morgan fingerprint density at radius 1 is 1.24 bits per heavy atom. The summed E-state index contributed by atoms with van der Waals surface area (Å²) in [5.74, 6) is -0.290. The van der Waals surface area contributed by atoms with Gasteiger partial charge in [-0.05, 0) is 37.1 Å². The number of benzene rings is 1. The van der Waals surface area contributed by atoms with Crippen LogP contribution in [0.3, 0.4) is 0 Å². The van der Waals surface area contributed by atoms with E-state index >= 15 is 0 Å². The SMILES string of the molecule is Cn1cc(N)c(C(=O)Nc2ccc(N3CCCC3)cc2)n1. The number of anilines is 3. The van der Waals surface area contributed by atoms with Crippen molar-refractivity contribution in [3.05, 3.63) is 36.2 Å². The fraction of sp³-hybridized carbons (Fsp3) is 0.333. The maximum atomic E-state index is 12.1. The van der Waals surface area contributed by atoms with Gasteiger partial charge in [-0.15, -0.1) is 0 Å². The molecule has 110 valence electrons. The molecule has 6 nitrogen and oxygen atoms in total. The van der Waals surface area contributed by atoms with Gasteiger partial charge < -0.3 is 16.0 Å². The summed E-state index contributed by atoms with van der Waals surface area (Å²) in [7, 11) is 1.73. The lowest BCUT2D eigenvalue weighted by molar-refractivity contribution is 0.102. The molecule has 2 heterocycles. The first-order valence-corrected chi connectivity index (χ1v) is 7.09. The van der Waals surface area contributed by atoms with Gasteiger partial charge >= 0.3 is 0 Å². The summed E-state index contributed by atoms with van der Waals surface area (Å²) in [6.45, 7) is 2.21. The number of nitrogens with zero attached hydrogens (tertiary/aromatic N) is 3. The molecular formula is C15H19N5O. The van der Waals surface area contributed by atoms with Gasteiger partial charge in [0, 0.05) is 37.7 Å². The van der Waals surface area contributed by atoms with Gasteiger partial charge in [-0.25, -0.2) is 0 Å². The summed E-state index contributed by atoms with van der Waals surface area (Å²) < 4.78 is 1.53. The number of aryl methyl sites for hydroxylation is 1. The summed E-state index contributed by atoms with van der Waals surface area (Å²) in [6.07, 6.45) is 4.11. The Morgan fingerprint density at radius 3 is 2.48 bits per heavy atom. The number of amides is 1. The number of carbonyl (C=O) groups excluding carboxylic acids is 1. The number of hydrogen-bond acceptors (Lipinski definition) is 4. The van der Waals surface area contributed by atoms with Gasteiger partial charge in [-0.3, -0.25) is 9.48 Å². The van der Waals surface area contributed by atoms with E-state index in [9.17, 15) is 4.79 Å². The number of aromatic nitrogens is 2. The van der Waals surface area contributed by atoms with E-state index in [1.165, 1.54) is 23.2 Å². The summed E-state index contributed by atoms with van der Waals surface area (Å²) in [5, 5.41) is 6.88. The average molecular weight is 285 g/mol. The van der Waals surface area contributed by atoms with Crippen LogP contribution in [0.25, 0.3) is 0 Å². The third kappa shape index (κ3) is 2.84. The van der Waals surface area contributed by atoms with Crippen LogP contribution in [-0.4, -0.2) is 28.8 Å². The maximum absolute atomic E-state index is 12.1. The van der Waals surface area contributed by atoms with Gasteiger partial charge in [0.05, 0.1) is 5.69 Å². The summed E-state index contributed by atoms with van der Waals surface area (Å²) in [6, 6.07) is 7.88. The van der Waals surface area contributed by atoms with E-state index in [2.05, 4.69) is 15.3 Å². The summed E-state index contributed by atoms with van der Waals surface area (Å²) >= 11 is 0. The number of nitrogen functional groups attached to an aromatic ring is 1. The number of rotatable bonds is 3. The molecule has 1 aromatic heterocycles.